The molecule has 1 saturated carbocycles. The van der Waals surface area contributed by atoms with Gasteiger partial charge in [-0.05, 0) is 32.6 Å². The maximum Gasteiger partial charge on any atom is 0.0946 e. The molecule has 1 aliphatic carbocycles. The molecule has 2 rings (SSSR count). The van der Waals surface area contributed by atoms with Crippen LogP contribution in [-0.4, -0.2) is 27.7 Å². The van der Waals surface area contributed by atoms with Crippen molar-refractivity contribution in [1.29, 1.82) is 0 Å². The number of nitrogens with one attached hydrogen (secondary N) is 1. The Kier molecular flexibility index (Phi) is 3.96. The molecular formula is C12H22N4. The van der Waals surface area contributed by atoms with Gasteiger partial charge in [0.25, 0.3) is 0 Å². The molecule has 1 unspecified atom stereocenters. The van der Waals surface area contributed by atoms with Gasteiger partial charge in [-0.15, -0.1) is 0 Å². The van der Waals surface area contributed by atoms with Crippen molar-refractivity contribution in [3.63, 3.8) is 0 Å². The second-order valence-electron chi connectivity index (χ2n) is 4.94. The fourth-order valence-corrected chi connectivity index (χ4v) is 2.45. The first-order valence-corrected chi connectivity index (χ1v) is 6.21. The van der Waals surface area contributed by atoms with Crippen LogP contribution in [0.5, 0.6) is 0 Å². The summed E-state index contributed by atoms with van der Waals surface area (Å²) in [4.78, 5) is 4.05. The highest BCUT2D eigenvalue weighted by Crippen LogP contribution is 2.17. The van der Waals surface area contributed by atoms with E-state index in [1.165, 1.54) is 12.8 Å². The summed E-state index contributed by atoms with van der Waals surface area (Å²) in [6, 6.07) is 1.58. The minimum absolute atomic E-state index is 0.432. The van der Waals surface area contributed by atoms with Gasteiger partial charge in [-0.3, -0.25) is 0 Å². The molecular weight excluding hydrogens is 200 g/mol. The van der Waals surface area contributed by atoms with Crippen LogP contribution in [0.3, 0.4) is 0 Å². The predicted octanol–water partition coefficient (Wildman–Crippen LogP) is 1.13. The number of hydrogen-bond donors (Lipinski definition) is 2. The third kappa shape index (κ3) is 3.32. The Bertz CT molecular complexity index is 288. The van der Waals surface area contributed by atoms with E-state index in [4.69, 9.17) is 5.73 Å². The van der Waals surface area contributed by atoms with E-state index in [-0.39, 0.29) is 0 Å². The zero-order valence-electron chi connectivity index (χ0n) is 9.97. The van der Waals surface area contributed by atoms with E-state index in [9.17, 15) is 0 Å². The molecule has 1 aromatic heterocycles. The molecule has 0 spiro atoms. The molecule has 4 nitrogen and oxygen atoms in total. The third-order valence-electron chi connectivity index (χ3n) is 3.34. The molecule has 0 aliphatic heterocycles. The molecule has 0 amide bonds. The van der Waals surface area contributed by atoms with Gasteiger partial charge in [0, 0.05) is 37.1 Å². The van der Waals surface area contributed by atoms with Crippen molar-refractivity contribution < 1.29 is 0 Å². The fraction of sp³-hybridized carbons (Fsp3) is 0.750. The number of nitrogens with zero attached hydrogens (tertiary/aromatic N) is 2. The molecule has 0 aromatic carbocycles. The zero-order valence-corrected chi connectivity index (χ0v) is 9.97. The van der Waals surface area contributed by atoms with Gasteiger partial charge < -0.3 is 15.6 Å². The molecule has 0 saturated heterocycles. The fourth-order valence-electron chi connectivity index (χ4n) is 2.45. The number of nitrogens with two attached hydrogens (primary N) is 1. The van der Waals surface area contributed by atoms with Crippen LogP contribution in [0, 0.1) is 0 Å². The van der Waals surface area contributed by atoms with E-state index >= 15 is 0 Å². The molecule has 1 aliphatic rings. The number of aromatic nitrogens is 2. The van der Waals surface area contributed by atoms with E-state index in [2.05, 4.69) is 21.8 Å². The Labute approximate surface area is 97.2 Å². The first-order chi connectivity index (χ1) is 7.74. The molecule has 3 N–H and O–H groups in total. The molecule has 0 bridgehead atoms. The van der Waals surface area contributed by atoms with Gasteiger partial charge in [-0.2, -0.15) is 0 Å². The Balaban J connectivity index is 1.72. The van der Waals surface area contributed by atoms with Gasteiger partial charge in [0.15, 0.2) is 0 Å². The largest absolute Gasteiger partial charge is 0.336 e. The summed E-state index contributed by atoms with van der Waals surface area (Å²) in [5.41, 5.74) is 5.90. The first kappa shape index (κ1) is 11.6. The summed E-state index contributed by atoms with van der Waals surface area (Å²) >= 11 is 0. The molecule has 1 fully saturated rings. The van der Waals surface area contributed by atoms with Crippen molar-refractivity contribution in [2.24, 2.45) is 5.73 Å². The van der Waals surface area contributed by atoms with Crippen LogP contribution < -0.4 is 11.1 Å². The van der Waals surface area contributed by atoms with Crippen molar-refractivity contribution in [2.75, 3.05) is 0 Å². The summed E-state index contributed by atoms with van der Waals surface area (Å²) in [6.07, 6.45) is 10.5. The number of hydrogen-bond acceptors (Lipinski definition) is 3. The van der Waals surface area contributed by atoms with E-state index in [0.717, 1.165) is 19.4 Å². The van der Waals surface area contributed by atoms with Gasteiger partial charge in [-0.1, -0.05) is 0 Å². The van der Waals surface area contributed by atoms with Crippen molar-refractivity contribution in [3.8, 4) is 0 Å². The van der Waals surface area contributed by atoms with E-state index in [1.807, 2.05) is 18.7 Å². The lowest BCUT2D eigenvalue weighted by atomic mass is 9.91. The minimum Gasteiger partial charge on any atom is -0.336 e. The van der Waals surface area contributed by atoms with E-state index in [0.29, 0.717) is 18.1 Å². The van der Waals surface area contributed by atoms with Crippen molar-refractivity contribution in [3.05, 3.63) is 18.7 Å². The van der Waals surface area contributed by atoms with E-state index in [1.54, 1.807) is 0 Å². The lowest BCUT2D eigenvalue weighted by Crippen LogP contribution is -2.42. The Morgan fingerprint density at radius 3 is 2.81 bits per heavy atom. The Morgan fingerprint density at radius 1 is 1.44 bits per heavy atom. The van der Waals surface area contributed by atoms with Crippen LogP contribution >= 0.6 is 0 Å². The van der Waals surface area contributed by atoms with E-state index < -0.39 is 0 Å². The summed E-state index contributed by atoms with van der Waals surface area (Å²) in [5, 5.41) is 3.67. The Hall–Kier alpha value is -0.870. The molecule has 4 heteroatoms. The van der Waals surface area contributed by atoms with Crippen LogP contribution in [0.25, 0.3) is 0 Å². The van der Waals surface area contributed by atoms with Crippen molar-refractivity contribution in [1.82, 2.24) is 14.9 Å². The molecule has 1 atom stereocenters. The lowest BCUT2D eigenvalue weighted by Gasteiger charge is -2.29. The average molecular weight is 222 g/mol. The summed E-state index contributed by atoms with van der Waals surface area (Å²) < 4.78 is 2.12. The quantitative estimate of drug-likeness (QED) is 0.803. The number of imidazole rings is 1. The third-order valence-corrected chi connectivity index (χ3v) is 3.34. The topological polar surface area (TPSA) is 55.9 Å². The smallest absolute Gasteiger partial charge is 0.0946 e. The SMILES string of the molecule is CC(Cn1ccnc1)NC1CCC(N)CC1. The summed E-state index contributed by atoms with van der Waals surface area (Å²) in [6.45, 7) is 3.22. The highest BCUT2D eigenvalue weighted by Gasteiger charge is 2.19. The van der Waals surface area contributed by atoms with Gasteiger partial charge in [0.05, 0.1) is 6.33 Å². The lowest BCUT2D eigenvalue weighted by molar-refractivity contribution is 0.308. The summed E-state index contributed by atoms with van der Waals surface area (Å²) in [5.74, 6) is 0. The van der Waals surface area contributed by atoms with Crippen LogP contribution in [-0.2, 0) is 6.54 Å². The van der Waals surface area contributed by atoms with Crippen LogP contribution in [0.1, 0.15) is 32.6 Å². The molecule has 1 heterocycles. The van der Waals surface area contributed by atoms with Crippen LogP contribution in [0.4, 0.5) is 0 Å². The second kappa shape index (κ2) is 5.46. The standard InChI is InChI=1S/C12H22N4/c1-10(8-16-7-6-14-9-16)15-12-4-2-11(13)3-5-12/h6-7,9-12,15H,2-5,8,13H2,1H3. The molecule has 16 heavy (non-hydrogen) atoms. The van der Waals surface area contributed by atoms with Crippen molar-refractivity contribution >= 4 is 0 Å². The molecule has 0 radical (unpaired) electrons. The molecule has 1 aromatic rings. The first-order valence-electron chi connectivity index (χ1n) is 6.21. The second-order valence-corrected chi connectivity index (χ2v) is 4.94. The van der Waals surface area contributed by atoms with Gasteiger partial charge in [-0.25, -0.2) is 4.98 Å². The normalized spacial score (nSPS) is 27.9. The average Bonchev–Trinajstić information content (AvgIpc) is 2.74. The minimum atomic E-state index is 0.432. The Morgan fingerprint density at radius 2 is 2.19 bits per heavy atom. The summed E-state index contributed by atoms with van der Waals surface area (Å²) in [7, 11) is 0. The van der Waals surface area contributed by atoms with Crippen LogP contribution in [0.15, 0.2) is 18.7 Å². The maximum atomic E-state index is 5.90. The van der Waals surface area contributed by atoms with Gasteiger partial charge >= 0.3 is 0 Å². The number of rotatable bonds is 4. The van der Waals surface area contributed by atoms with Crippen molar-refractivity contribution in [2.45, 2.75) is 57.3 Å². The monoisotopic (exact) mass is 222 g/mol. The predicted molar refractivity (Wildman–Crippen MR) is 65.1 cm³/mol. The molecule has 90 valence electrons. The van der Waals surface area contributed by atoms with Crippen LogP contribution in [0.2, 0.25) is 0 Å². The zero-order chi connectivity index (χ0) is 11.4. The maximum absolute atomic E-state index is 5.90. The van der Waals surface area contributed by atoms with Gasteiger partial charge in [0.1, 0.15) is 0 Å². The highest BCUT2D eigenvalue weighted by molar-refractivity contribution is 4.82. The highest BCUT2D eigenvalue weighted by atomic mass is 15.1. The van der Waals surface area contributed by atoms with Gasteiger partial charge in [0.2, 0.25) is 0 Å².